The lowest BCUT2D eigenvalue weighted by molar-refractivity contribution is -0.119. The fourth-order valence-electron chi connectivity index (χ4n) is 2.82. The Bertz CT molecular complexity index is 565. The van der Waals surface area contributed by atoms with E-state index < -0.39 is 0 Å². The number of hydrogen-bond donors (Lipinski definition) is 0. The Balaban J connectivity index is 1.67. The van der Waals surface area contributed by atoms with E-state index in [2.05, 4.69) is 26.8 Å². The summed E-state index contributed by atoms with van der Waals surface area (Å²) in [4.78, 5) is 39.9. The molecule has 0 atom stereocenters. The van der Waals surface area contributed by atoms with Crippen LogP contribution in [0.4, 0.5) is 5.95 Å². The zero-order chi connectivity index (χ0) is 16.2. The minimum Gasteiger partial charge on any atom is -0.342 e. The molecule has 0 bridgehead atoms. The van der Waals surface area contributed by atoms with E-state index in [0.29, 0.717) is 37.8 Å². The predicted molar refractivity (Wildman–Crippen MR) is 85.3 cm³/mol. The molecule has 124 valence electrons. The number of aromatic nitrogens is 2. The standard InChI is InChI=1S/C15H22N6O2/c1-18-4-8-21(9-5-18)15-16-3-2-13(17-15)14(23)20-10-6-19(12-22)7-11-20/h2-3,12H,4-11H2,1H3. The molecule has 1 aromatic heterocycles. The molecule has 2 aliphatic rings. The molecule has 2 saturated heterocycles. The average Bonchev–Trinajstić information content (AvgIpc) is 2.62. The molecule has 0 aliphatic carbocycles. The third kappa shape index (κ3) is 3.58. The van der Waals surface area contributed by atoms with E-state index in [9.17, 15) is 9.59 Å². The van der Waals surface area contributed by atoms with E-state index in [1.807, 2.05) is 0 Å². The van der Waals surface area contributed by atoms with Crippen molar-refractivity contribution >= 4 is 18.3 Å². The Morgan fingerprint density at radius 1 is 1.09 bits per heavy atom. The van der Waals surface area contributed by atoms with Crippen molar-refractivity contribution in [1.82, 2.24) is 24.7 Å². The molecule has 0 N–H and O–H groups in total. The van der Waals surface area contributed by atoms with Crippen molar-refractivity contribution in [3.05, 3.63) is 18.0 Å². The van der Waals surface area contributed by atoms with Gasteiger partial charge in [-0.1, -0.05) is 0 Å². The second-order valence-corrected chi connectivity index (χ2v) is 5.97. The fraction of sp³-hybridized carbons (Fsp3) is 0.600. The second kappa shape index (κ2) is 6.91. The Morgan fingerprint density at radius 2 is 1.78 bits per heavy atom. The largest absolute Gasteiger partial charge is 0.342 e. The highest BCUT2D eigenvalue weighted by atomic mass is 16.2. The van der Waals surface area contributed by atoms with Crippen LogP contribution in [-0.4, -0.2) is 96.4 Å². The normalized spacial score (nSPS) is 19.8. The summed E-state index contributed by atoms with van der Waals surface area (Å²) >= 11 is 0. The number of rotatable bonds is 3. The van der Waals surface area contributed by atoms with Crippen LogP contribution >= 0.6 is 0 Å². The minimum atomic E-state index is -0.0895. The number of hydrogen-bond acceptors (Lipinski definition) is 6. The summed E-state index contributed by atoms with van der Waals surface area (Å²) in [6.07, 6.45) is 2.48. The van der Waals surface area contributed by atoms with Gasteiger partial charge in [-0.15, -0.1) is 0 Å². The number of carbonyl (C=O) groups excluding carboxylic acids is 2. The summed E-state index contributed by atoms with van der Waals surface area (Å²) in [7, 11) is 2.09. The summed E-state index contributed by atoms with van der Waals surface area (Å²) in [6.45, 7) is 5.91. The number of piperazine rings is 2. The van der Waals surface area contributed by atoms with Gasteiger partial charge in [0.25, 0.3) is 5.91 Å². The van der Waals surface area contributed by atoms with E-state index in [1.165, 1.54) is 0 Å². The zero-order valence-electron chi connectivity index (χ0n) is 13.4. The van der Waals surface area contributed by atoms with Gasteiger partial charge in [0.05, 0.1) is 0 Å². The van der Waals surface area contributed by atoms with E-state index in [-0.39, 0.29) is 5.91 Å². The second-order valence-electron chi connectivity index (χ2n) is 5.97. The number of amides is 2. The van der Waals surface area contributed by atoms with Crippen molar-refractivity contribution in [3.63, 3.8) is 0 Å². The van der Waals surface area contributed by atoms with Gasteiger partial charge in [-0.3, -0.25) is 9.59 Å². The molecule has 0 aromatic carbocycles. The van der Waals surface area contributed by atoms with Crippen molar-refractivity contribution in [1.29, 1.82) is 0 Å². The highest BCUT2D eigenvalue weighted by Crippen LogP contribution is 2.12. The molecule has 2 fully saturated rings. The number of carbonyl (C=O) groups is 2. The van der Waals surface area contributed by atoms with Gasteiger partial charge in [-0.25, -0.2) is 9.97 Å². The molecule has 8 nitrogen and oxygen atoms in total. The highest BCUT2D eigenvalue weighted by Gasteiger charge is 2.23. The van der Waals surface area contributed by atoms with Gasteiger partial charge < -0.3 is 19.6 Å². The van der Waals surface area contributed by atoms with Crippen molar-refractivity contribution in [3.8, 4) is 0 Å². The first-order valence-corrected chi connectivity index (χ1v) is 7.92. The van der Waals surface area contributed by atoms with Gasteiger partial charge in [0.1, 0.15) is 5.69 Å². The lowest BCUT2D eigenvalue weighted by Gasteiger charge is -2.33. The van der Waals surface area contributed by atoms with E-state index in [4.69, 9.17) is 0 Å². The third-order valence-electron chi connectivity index (χ3n) is 4.40. The van der Waals surface area contributed by atoms with Crippen molar-refractivity contribution in [2.45, 2.75) is 0 Å². The van der Waals surface area contributed by atoms with Gasteiger partial charge in [0, 0.05) is 58.6 Å². The third-order valence-corrected chi connectivity index (χ3v) is 4.40. The molecule has 23 heavy (non-hydrogen) atoms. The Morgan fingerprint density at radius 3 is 2.43 bits per heavy atom. The monoisotopic (exact) mass is 318 g/mol. The van der Waals surface area contributed by atoms with E-state index in [0.717, 1.165) is 32.6 Å². The van der Waals surface area contributed by atoms with Gasteiger partial charge in [0.2, 0.25) is 12.4 Å². The fourth-order valence-corrected chi connectivity index (χ4v) is 2.82. The summed E-state index contributed by atoms with van der Waals surface area (Å²) < 4.78 is 0. The molecule has 3 heterocycles. The van der Waals surface area contributed by atoms with Crippen molar-refractivity contribution in [2.75, 3.05) is 64.3 Å². The first-order valence-electron chi connectivity index (χ1n) is 7.92. The van der Waals surface area contributed by atoms with Crippen LogP contribution in [0.25, 0.3) is 0 Å². The molecule has 8 heteroatoms. The zero-order valence-corrected chi connectivity index (χ0v) is 13.4. The maximum absolute atomic E-state index is 12.6. The number of anilines is 1. The molecule has 2 amide bonds. The topological polar surface area (TPSA) is 72.9 Å². The van der Waals surface area contributed by atoms with Gasteiger partial charge in [-0.2, -0.15) is 0 Å². The van der Waals surface area contributed by atoms with Gasteiger partial charge in [0.15, 0.2) is 0 Å². The van der Waals surface area contributed by atoms with Crippen molar-refractivity contribution in [2.24, 2.45) is 0 Å². The lowest BCUT2D eigenvalue weighted by atomic mass is 10.3. The summed E-state index contributed by atoms with van der Waals surface area (Å²) in [5, 5.41) is 0. The van der Waals surface area contributed by atoms with Crippen LogP contribution < -0.4 is 4.90 Å². The molecule has 0 radical (unpaired) electrons. The maximum atomic E-state index is 12.6. The summed E-state index contributed by atoms with van der Waals surface area (Å²) in [6, 6.07) is 1.66. The van der Waals surface area contributed by atoms with Gasteiger partial charge in [-0.05, 0) is 13.1 Å². The summed E-state index contributed by atoms with van der Waals surface area (Å²) in [5.41, 5.74) is 0.425. The molecule has 0 spiro atoms. The first kappa shape index (κ1) is 15.7. The Labute approximate surface area is 135 Å². The van der Waals surface area contributed by atoms with Crippen molar-refractivity contribution < 1.29 is 9.59 Å². The van der Waals surface area contributed by atoms with Crippen LogP contribution in [0, 0.1) is 0 Å². The van der Waals surface area contributed by atoms with Gasteiger partial charge >= 0.3 is 0 Å². The van der Waals surface area contributed by atoms with Crippen LogP contribution in [0.5, 0.6) is 0 Å². The molecule has 2 aliphatic heterocycles. The SMILES string of the molecule is CN1CCN(c2nccc(C(=O)N3CCN(C=O)CC3)n2)CC1. The number of nitrogens with zero attached hydrogens (tertiary/aromatic N) is 6. The minimum absolute atomic E-state index is 0.0895. The van der Waals surface area contributed by atoms with Crippen LogP contribution in [0.15, 0.2) is 12.3 Å². The molecule has 1 aromatic rings. The highest BCUT2D eigenvalue weighted by molar-refractivity contribution is 5.92. The Hall–Kier alpha value is -2.22. The average molecular weight is 318 g/mol. The first-order chi connectivity index (χ1) is 11.2. The maximum Gasteiger partial charge on any atom is 0.272 e. The van der Waals surface area contributed by atoms with Crippen LogP contribution in [-0.2, 0) is 4.79 Å². The van der Waals surface area contributed by atoms with Crippen LogP contribution in [0.2, 0.25) is 0 Å². The lowest BCUT2D eigenvalue weighted by Crippen LogP contribution is -2.48. The van der Waals surface area contributed by atoms with Crippen LogP contribution in [0.3, 0.4) is 0 Å². The Kier molecular flexibility index (Phi) is 4.71. The molecule has 0 unspecified atom stereocenters. The molecule has 3 rings (SSSR count). The quantitative estimate of drug-likeness (QED) is 0.676. The molecule has 0 saturated carbocycles. The smallest absolute Gasteiger partial charge is 0.272 e. The predicted octanol–water partition coefficient (Wildman–Crippen LogP) is -0.857. The number of likely N-dealkylation sites (N-methyl/N-ethyl adjacent to an activating group) is 1. The summed E-state index contributed by atoms with van der Waals surface area (Å²) in [5.74, 6) is 0.531. The van der Waals surface area contributed by atoms with E-state index in [1.54, 1.807) is 22.1 Å². The molecular formula is C15H22N6O2. The molecular weight excluding hydrogens is 296 g/mol. The van der Waals surface area contributed by atoms with E-state index >= 15 is 0 Å². The van der Waals surface area contributed by atoms with Crippen LogP contribution in [0.1, 0.15) is 10.5 Å².